The number of benzene rings is 4. The predicted molar refractivity (Wildman–Crippen MR) is 116 cm³/mol. The van der Waals surface area contributed by atoms with E-state index >= 15 is 0 Å². The van der Waals surface area contributed by atoms with Crippen LogP contribution in [0.25, 0.3) is 10.8 Å². The number of nitrogen functional groups attached to an aromatic ring is 2. The number of fused-ring (bicyclic) bond motifs is 1. The predicted octanol–water partition coefficient (Wildman–Crippen LogP) is 4.44. The average Bonchev–Trinajstić information content (AvgIpc) is 2.75. The third-order valence-electron chi connectivity index (χ3n) is 4.49. The average molecular weight is 398 g/mol. The summed E-state index contributed by atoms with van der Waals surface area (Å²) in [5, 5.41) is 1.26. The maximum atomic E-state index is 12.5. The summed E-state index contributed by atoms with van der Waals surface area (Å²) in [7, 11) is 0. The van der Waals surface area contributed by atoms with Crippen molar-refractivity contribution in [1.82, 2.24) is 0 Å². The molecule has 0 spiro atoms. The first-order valence-electron chi connectivity index (χ1n) is 9.18. The van der Waals surface area contributed by atoms with Crippen LogP contribution in [0.15, 0.2) is 84.9 Å². The molecule has 0 fully saturated rings. The molecule has 6 heteroatoms. The molecule has 4 aromatic carbocycles. The third kappa shape index (κ3) is 3.93. The van der Waals surface area contributed by atoms with Gasteiger partial charge in [0.2, 0.25) is 0 Å². The summed E-state index contributed by atoms with van der Waals surface area (Å²) in [4.78, 5) is 25.0. The highest BCUT2D eigenvalue weighted by atomic mass is 16.5. The quantitative estimate of drug-likeness (QED) is 0.299. The highest BCUT2D eigenvalue weighted by molar-refractivity contribution is 6.00. The molecular weight excluding hydrogens is 380 g/mol. The van der Waals surface area contributed by atoms with E-state index in [-0.39, 0.29) is 0 Å². The molecule has 0 atom stereocenters. The van der Waals surface area contributed by atoms with E-state index in [1.54, 1.807) is 72.8 Å². The van der Waals surface area contributed by atoms with Gasteiger partial charge in [0.15, 0.2) is 0 Å². The number of nitrogens with two attached hydrogens (primary N) is 2. The first kappa shape index (κ1) is 19.0. The normalized spacial score (nSPS) is 10.5. The van der Waals surface area contributed by atoms with Crippen molar-refractivity contribution in [3.8, 4) is 11.5 Å². The molecular formula is C24H18N2O4. The molecule has 0 amide bonds. The summed E-state index contributed by atoms with van der Waals surface area (Å²) >= 11 is 0. The maximum absolute atomic E-state index is 12.5. The van der Waals surface area contributed by atoms with Crippen LogP contribution in [0.1, 0.15) is 20.7 Å². The highest BCUT2D eigenvalue weighted by Crippen LogP contribution is 2.34. The Bertz CT molecular complexity index is 1170. The lowest BCUT2D eigenvalue weighted by Gasteiger charge is -2.12. The number of carbonyl (C=O) groups excluding carboxylic acids is 2. The first-order valence-corrected chi connectivity index (χ1v) is 9.18. The molecule has 4 rings (SSSR count). The lowest BCUT2D eigenvalue weighted by molar-refractivity contribution is 0.0723. The van der Waals surface area contributed by atoms with E-state index in [0.29, 0.717) is 44.8 Å². The number of carbonyl (C=O) groups is 2. The first-order chi connectivity index (χ1) is 14.5. The van der Waals surface area contributed by atoms with E-state index in [0.717, 1.165) is 0 Å². The SMILES string of the molecule is Nc1cccc(C(=O)Oc2ccc(OC(=O)c3cccc(N)c3)c3ccccc23)c1. The van der Waals surface area contributed by atoms with Crippen LogP contribution in [-0.4, -0.2) is 11.9 Å². The number of anilines is 2. The van der Waals surface area contributed by atoms with Crippen molar-refractivity contribution in [2.75, 3.05) is 11.5 Å². The Balaban J connectivity index is 1.65. The molecule has 0 saturated heterocycles. The molecule has 0 aliphatic rings. The van der Waals surface area contributed by atoms with Gasteiger partial charge in [-0.3, -0.25) is 0 Å². The van der Waals surface area contributed by atoms with Gasteiger partial charge in [-0.1, -0.05) is 36.4 Å². The van der Waals surface area contributed by atoms with Crippen LogP contribution >= 0.6 is 0 Å². The van der Waals surface area contributed by atoms with Crippen LogP contribution < -0.4 is 20.9 Å². The van der Waals surface area contributed by atoms with Crippen molar-refractivity contribution in [2.45, 2.75) is 0 Å². The molecule has 4 aromatic rings. The summed E-state index contributed by atoms with van der Waals surface area (Å²) in [5.74, 6) is -0.363. The second-order valence-electron chi connectivity index (χ2n) is 6.64. The Morgan fingerprint density at radius 3 is 1.40 bits per heavy atom. The van der Waals surface area contributed by atoms with E-state index in [1.165, 1.54) is 0 Å². The van der Waals surface area contributed by atoms with Crippen molar-refractivity contribution < 1.29 is 19.1 Å². The van der Waals surface area contributed by atoms with Crippen molar-refractivity contribution in [2.24, 2.45) is 0 Å². The van der Waals surface area contributed by atoms with Gasteiger partial charge in [0.25, 0.3) is 0 Å². The van der Waals surface area contributed by atoms with Crippen molar-refractivity contribution in [1.29, 1.82) is 0 Å². The monoisotopic (exact) mass is 398 g/mol. The van der Waals surface area contributed by atoms with Crippen LogP contribution in [0.5, 0.6) is 11.5 Å². The van der Waals surface area contributed by atoms with Gasteiger partial charge in [0.1, 0.15) is 11.5 Å². The minimum absolute atomic E-state index is 0.344. The van der Waals surface area contributed by atoms with Crippen molar-refractivity contribution >= 4 is 34.1 Å². The standard InChI is InChI=1S/C24H18N2O4/c25-17-7-3-5-15(13-17)23(27)29-21-11-12-22(20-10-2-1-9-19(20)21)30-24(28)16-6-4-8-18(26)14-16/h1-14H,25-26H2. The maximum Gasteiger partial charge on any atom is 0.343 e. The smallest absolute Gasteiger partial charge is 0.343 e. The Hall–Kier alpha value is -4.32. The van der Waals surface area contributed by atoms with Crippen molar-refractivity contribution in [3.63, 3.8) is 0 Å². The Morgan fingerprint density at radius 1 is 0.567 bits per heavy atom. The van der Waals surface area contributed by atoms with Gasteiger partial charge in [0.05, 0.1) is 11.1 Å². The number of ether oxygens (including phenoxy) is 2. The van der Waals surface area contributed by atoms with Gasteiger partial charge in [-0.05, 0) is 48.5 Å². The van der Waals surface area contributed by atoms with E-state index in [9.17, 15) is 9.59 Å². The van der Waals surface area contributed by atoms with Crippen LogP contribution in [0.3, 0.4) is 0 Å². The Labute approximate surface area is 172 Å². The molecule has 0 saturated carbocycles. The molecule has 0 bridgehead atoms. The fourth-order valence-electron chi connectivity index (χ4n) is 3.07. The van der Waals surface area contributed by atoms with Gasteiger partial charge in [-0.25, -0.2) is 9.59 Å². The lowest BCUT2D eigenvalue weighted by Crippen LogP contribution is -2.11. The van der Waals surface area contributed by atoms with E-state index in [1.807, 2.05) is 12.1 Å². The molecule has 0 radical (unpaired) electrons. The molecule has 6 nitrogen and oxygen atoms in total. The molecule has 0 aromatic heterocycles. The molecule has 148 valence electrons. The molecule has 0 heterocycles. The highest BCUT2D eigenvalue weighted by Gasteiger charge is 2.16. The van der Waals surface area contributed by atoms with Crippen LogP contribution in [0, 0.1) is 0 Å². The lowest BCUT2D eigenvalue weighted by atomic mass is 10.1. The molecule has 0 unspecified atom stereocenters. The van der Waals surface area contributed by atoms with Crippen LogP contribution in [0.4, 0.5) is 11.4 Å². The second-order valence-corrected chi connectivity index (χ2v) is 6.64. The van der Waals surface area contributed by atoms with E-state index in [2.05, 4.69) is 0 Å². The Morgan fingerprint density at radius 2 is 1.00 bits per heavy atom. The summed E-state index contributed by atoms with van der Waals surface area (Å²) in [5.41, 5.74) is 13.1. The number of rotatable bonds is 4. The van der Waals surface area contributed by atoms with Crippen LogP contribution in [0.2, 0.25) is 0 Å². The van der Waals surface area contributed by atoms with Gasteiger partial charge in [-0.2, -0.15) is 0 Å². The van der Waals surface area contributed by atoms with Crippen molar-refractivity contribution in [3.05, 3.63) is 96.1 Å². The summed E-state index contributed by atoms with van der Waals surface area (Å²) in [6.45, 7) is 0. The minimum atomic E-state index is -0.531. The minimum Gasteiger partial charge on any atom is -0.422 e. The summed E-state index contributed by atoms with van der Waals surface area (Å²) in [6.07, 6.45) is 0. The van der Waals surface area contributed by atoms with Gasteiger partial charge in [0, 0.05) is 22.1 Å². The van der Waals surface area contributed by atoms with Crippen LogP contribution in [-0.2, 0) is 0 Å². The zero-order chi connectivity index (χ0) is 21.1. The topological polar surface area (TPSA) is 105 Å². The van der Waals surface area contributed by atoms with E-state index < -0.39 is 11.9 Å². The third-order valence-corrected chi connectivity index (χ3v) is 4.49. The fourth-order valence-corrected chi connectivity index (χ4v) is 3.07. The molecule has 30 heavy (non-hydrogen) atoms. The van der Waals surface area contributed by atoms with Gasteiger partial charge in [-0.15, -0.1) is 0 Å². The second kappa shape index (κ2) is 7.97. The zero-order valence-corrected chi connectivity index (χ0v) is 15.9. The molecule has 4 N–H and O–H groups in total. The molecule has 0 aliphatic heterocycles. The number of esters is 2. The number of hydrogen-bond donors (Lipinski definition) is 2. The van der Waals surface area contributed by atoms with E-state index in [4.69, 9.17) is 20.9 Å². The summed E-state index contributed by atoms with van der Waals surface area (Å²) < 4.78 is 11.2. The Kier molecular flexibility index (Phi) is 5.05. The van der Waals surface area contributed by atoms with Gasteiger partial charge >= 0.3 is 11.9 Å². The fraction of sp³-hybridized carbons (Fsp3) is 0. The largest absolute Gasteiger partial charge is 0.422 e. The zero-order valence-electron chi connectivity index (χ0n) is 15.9. The van der Waals surface area contributed by atoms with Gasteiger partial charge < -0.3 is 20.9 Å². The molecule has 0 aliphatic carbocycles. The summed E-state index contributed by atoms with van der Waals surface area (Å²) in [6, 6.07) is 23.5. The number of hydrogen-bond acceptors (Lipinski definition) is 6.